The van der Waals surface area contributed by atoms with Crippen molar-refractivity contribution in [1.29, 1.82) is 0 Å². The van der Waals surface area contributed by atoms with E-state index in [9.17, 15) is 0 Å². The van der Waals surface area contributed by atoms with Gasteiger partial charge >= 0.3 is 0 Å². The van der Waals surface area contributed by atoms with Crippen molar-refractivity contribution >= 4 is 16.7 Å². The zero-order chi connectivity index (χ0) is 18.1. The van der Waals surface area contributed by atoms with Crippen LogP contribution in [0.5, 0.6) is 0 Å². The van der Waals surface area contributed by atoms with Gasteiger partial charge in [0.05, 0.1) is 18.9 Å². The molecule has 3 heterocycles. The van der Waals surface area contributed by atoms with Gasteiger partial charge in [0.25, 0.3) is 0 Å². The molecule has 27 heavy (non-hydrogen) atoms. The molecule has 0 radical (unpaired) electrons. The SMILES string of the molecule is c1ccc2cc(-c3ccnc(N4CC[C@@H](N5CCOCC5)C4)n3)ccc2c1. The number of morpholine rings is 1. The number of anilines is 1. The maximum Gasteiger partial charge on any atom is 0.225 e. The Morgan fingerprint density at radius 1 is 0.926 bits per heavy atom. The number of rotatable bonds is 3. The van der Waals surface area contributed by atoms with Gasteiger partial charge in [-0.3, -0.25) is 4.90 Å². The van der Waals surface area contributed by atoms with Crippen LogP contribution in [0.1, 0.15) is 6.42 Å². The van der Waals surface area contributed by atoms with Crippen LogP contribution in [-0.2, 0) is 4.74 Å². The van der Waals surface area contributed by atoms with Gasteiger partial charge in [-0.1, -0.05) is 36.4 Å². The fourth-order valence-corrected chi connectivity index (χ4v) is 4.17. The molecule has 2 fully saturated rings. The number of nitrogens with zero attached hydrogens (tertiary/aromatic N) is 4. The second-order valence-electron chi connectivity index (χ2n) is 7.34. The van der Waals surface area contributed by atoms with Gasteiger partial charge in [-0.15, -0.1) is 0 Å². The number of hydrogen-bond donors (Lipinski definition) is 0. The van der Waals surface area contributed by atoms with Crippen LogP contribution in [-0.4, -0.2) is 60.3 Å². The molecule has 5 rings (SSSR count). The zero-order valence-electron chi connectivity index (χ0n) is 15.4. The number of hydrogen-bond acceptors (Lipinski definition) is 5. The van der Waals surface area contributed by atoms with Gasteiger partial charge in [0, 0.05) is 44.0 Å². The molecule has 0 aliphatic carbocycles. The molecule has 0 bridgehead atoms. The number of benzene rings is 2. The average molecular weight is 360 g/mol. The summed E-state index contributed by atoms with van der Waals surface area (Å²) < 4.78 is 5.49. The summed E-state index contributed by atoms with van der Waals surface area (Å²) in [5.74, 6) is 0.844. The second-order valence-corrected chi connectivity index (χ2v) is 7.34. The summed E-state index contributed by atoms with van der Waals surface area (Å²) >= 11 is 0. The first-order valence-corrected chi connectivity index (χ1v) is 9.76. The van der Waals surface area contributed by atoms with Gasteiger partial charge in [-0.25, -0.2) is 9.97 Å². The summed E-state index contributed by atoms with van der Waals surface area (Å²) in [4.78, 5) is 14.3. The third kappa shape index (κ3) is 3.40. The molecule has 2 aliphatic rings. The quantitative estimate of drug-likeness (QED) is 0.717. The highest BCUT2D eigenvalue weighted by Crippen LogP contribution is 2.26. The minimum atomic E-state index is 0.585. The highest BCUT2D eigenvalue weighted by molar-refractivity contribution is 5.86. The smallest absolute Gasteiger partial charge is 0.225 e. The molecule has 5 nitrogen and oxygen atoms in total. The molecule has 5 heteroatoms. The van der Waals surface area contributed by atoms with Crippen molar-refractivity contribution in [3.05, 3.63) is 54.7 Å². The van der Waals surface area contributed by atoms with Crippen LogP contribution in [0.4, 0.5) is 5.95 Å². The molecule has 3 aromatic rings. The summed E-state index contributed by atoms with van der Waals surface area (Å²) in [6.45, 7) is 5.80. The lowest BCUT2D eigenvalue weighted by Gasteiger charge is -2.32. The molecule has 2 aromatic carbocycles. The van der Waals surface area contributed by atoms with Gasteiger partial charge < -0.3 is 9.64 Å². The van der Waals surface area contributed by atoms with E-state index < -0.39 is 0 Å². The van der Waals surface area contributed by atoms with Crippen molar-refractivity contribution in [1.82, 2.24) is 14.9 Å². The molecule has 138 valence electrons. The first-order valence-electron chi connectivity index (χ1n) is 9.76. The largest absolute Gasteiger partial charge is 0.379 e. The number of aromatic nitrogens is 2. The Kier molecular flexibility index (Phi) is 4.47. The Morgan fingerprint density at radius 3 is 2.67 bits per heavy atom. The van der Waals surface area contributed by atoms with E-state index in [-0.39, 0.29) is 0 Å². The molecular formula is C22H24N4O. The predicted octanol–water partition coefficient (Wildman–Crippen LogP) is 3.21. The van der Waals surface area contributed by atoms with E-state index in [1.807, 2.05) is 12.3 Å². The van der Waals surface area contributed by atoms with Crippen molar-refractivity contribution in [2.75, 3.05) is 44.3 Å². The van der Waals surface area contributed by atoms with E-state index in [2.05, 4.69) is 57.2 Å². The third-order valence-electron chi connectivity index (χ3n) is 5.70. The normalized spacial score (nSPS) is 21.0. The first kappa shape index (κ1) is 16.7. The molecular weight excluding hydrogens is 336 g/mol. The Labute approximate surface area is 159 Å². The van der Waals surface area contributed by atoms with Crippen molar-refractivity contribution in [3.8, 4) is 11.3 Å². The van der Waals surface area contributed by atoms with Crippen LogP contribution in [0.15, 0.2) is 54.7 Å². The zero-order valence-corrected chi connectivity index (χ0v) is 15.4. The van der Waals surface area contributed by atoms with E-state index in [1.165, 1.54) is 17.2 Å². The maximum atomic E-state index is 5.49. The third-order valence-corrected chi connectivity index (χ3v) is 5.70. The molecule has 0 saturated carbocycles. The van der Waals surface area contributed by atoms with Gasteiger partial charge in [0.1, 0.15) is 0 Å². The van der Waals surface area contributed by atoms with Gasteiger partial charge in [-0.05, 0) is 29.3 Å². The monoisotopic (exact) mass is 360 g/mol. The van der Waals surface area contributed by atoms with Gasteiger partial charge in [0.15, 0.2) is 0 Å². The van der Waals surface area contributed by atoms with Crippen LogP contribution in [0, 0.1) is 0 Å². The lowest BCUT2D eigenvalue weighted by Crippen LogP contribution is -2.44. The number of fused-ring (bicyclic) bond motifs is 1. The summed E-state index contributed by atoms with van der Waals surface area (Å²) in [6, 6.07) is 17.5. The highest BCUT2D eigenvalue weighted by atomic mass is 16.5. The summed E-state index contributed by atoms with van der Waals surface area (Å²) in [5, 5.41) is 2.49. The van der Waals surface area contributed by atoms with E-state index in [0.29, 0.717) is 6.04 Å². The molecule has 0 unspecified atom stereocenters. The number of ether oxygens (including phenoxy) is 1. The molecule has 1 atom stereocenters. The molecule has 0 N–H and O–H groups in total. The van der Waals surface area contributed by atoms with Crippen LogP contribution in [0.3, 0.4) is 0 Å². The van der Waals surface area contributed by atoms with Crippen LogP contribution < -0.4 is 4.90 Å². The summed E-state index contributed by atoms with van der Waals surface area (Å²) in [7, 11) is 0. The Balaban J connectivity index is 1.37. The molecule has 2 aliphatic heterocycles. The van der Waals surface area contributed by atoms with Crippen molar-refractivity contribution in [2.24, 2.45) is 0 Å². The standard InChI is InChI=1S/C22H24N4O/c1-2-4-18-15-19(6-5-17(18)3-1)21-7-9-23-22(24-21)26-10-8-20(16-26)25-11-13-27-14-12-25/h1-7,9,15,20H,8,10-14,16H2/t20-/m1/s1. The van der Waals surface area contributed by atoms with Gasteiger partial charge in [-0.2, -0.15) is 0 Å². The van der Waals surface area contributed by atoms with Gasteiger partial charge in [0.2, 0.25) is 5.95 Å². The predicted molar refractivity (Wildman–Crippen MR) is 108 cm³/mol. The minimum Gasteiger partial charge on any atom is -0.379 e. The van der Waals surface area contributed by atoms with Crippen molar-refractivity contribution in [2.45, 2.75) is 12.5 Å². The molecule has 1 aromatic heterocycles. The topological polar surface area (TPSA) is 41.5 Å². The lowest BCUT2D eigenvalue weighted by molar-refractivity contribution is 0.0209. The first-order chi connectivity index (χ1) is 13.4. The Morgan fingerprint density at radius 2 is 1.78 bits per heavy atom. The fraction of sp³-hybridized carbons (Fsp3) is 0.364. The second kappa shape index (κ2) is 7.25. The fourth-order valence-electron chi connectivity index (χ4n) is 4.17. The van der Waals surface area contributed by atoms with E-state index in [1.54, 1.807) is 0 Å². The summed E-state index contributed by atoms with van der Waals surface area (Å²) in [5.41, 5.74) is 2.13. The maximum absolute atomic E-state index is 5.49. The van der Waals surface area contributed by atoms with Crippen molar-refractivity contribution < 1.29 is 4.74 Å². The van der Waals surface area contributed by atoms with E-state index >= 15 is 0 Å². The van der Waals surface area contributed by atoms with E-state index in [0.717, 1.165) is 56.6 Å². The van der Waals surface area contributed by atoms with Crippen molar-refractivity contribution in [3.63, 3.8) is 0 Å². The minimum absolute atomic E-state index is 0.585. The average Bonchev–Trinajstić information content (AvgIpc) is 3.25. The van der Waals surface area contributed by atoms with E-state index in [4.69, 9.17) is 9.72 Å². The Hall–Kier alpha value is -2.50. The lowest BCUT2D eigenvalue weighted by atomic mass is 10.1. The molecule has 0 amide bonds. The molecule has 0 spiro atoms. The summed E-state index contributed by atoms with van der Waals surface area (Å²) in [6.07, 6.45) is 3.05. The highest BCUT2D eigenvalue weighted by Gasteiger charge is 2.30. The van der Waals surface area contributed by atoms with Crippen LogP contribution in [0.25, 0.3) is 22.0 Å². The van der Waals surface area contributed by atoms with Crippen LogP contribution >= 0.6 is 0 Å². The van der Waals surface area contributed by atoms with Crippen LogP contribution in [0.2, 0.25) is 0 Å². The Bertz CT molecular complexity index is 938. The molecule has 2 saturated heterocycles.